The van der Waals surface area contributed by atoms with Crippen molar-refractivity contribution < 1.29 is 0 Å². The van der Waals surface area contributed by atoms with E-state index in [1.165, 1.54) is 0 Å². The van der Waals surface area contributed by atoms with Crippen molar-refractivity contribution in [2.75, 3.05) is 0 Å². The molecule has 3 heterocycles. The van der Waals surface area contributed by atoms with Crippen LogP contribution in [-0.4, -0.2) is 29.2 Å². The van der Waals surface area contributed by atoms with Crippen LogP contribution in [0.5, 0.6) is 0 Å². The fraction of sp³-hybridized carbons (Fsp3) is 0. The first-order valence-corrected chi connectivity index (χ1v) is 5.64. The summed E-state index contributed by atoms with van der Waals surface area (Å²) in [6.45, 7) is 0. The van der Waals surface area contributed by atoms with Gasteiger partial charge in [-0.15, -0.1) is 0 Å². The molecule has 0 atom stereocenters. The molecule has 3 aromatic rings. The van der Waals surface area contributed by atoms with E-state index in [0.29, 0.717) is 5.11 Å². The monoisotopic (exact) mass is 257 g/mol. The SMILES string of the molecule is S=C(n1ccnc1)n1ccnc1.c1ccncc1. The number of thiocarbonyl (C=S) groups is 1. The van der Waals surface area contributed by atoms with Crippen LogP contribution in [0.15, 0.2) is 68.0 Å². The minimum absolute atomic E-state index is 0.644. The van der Waals surface area contributed by atoms with Crippen molar-refractivity contribution in [2.45, 2.75) is 0 Å². The first kappa shape index (κ1) is 12.1. The number of pyridine rings is 1. The van der Waals surface area contributed by atoms with Crippen molar-refractivity contribution in [3.63, 3.8) is 0 Å². The van der Waals surface area contributed by atoms with E-state index in [1.807, 2.05) is 18.2 Å². The lowest BCUT2D eigenvalue weighted by Crippen LogP contribution is -2.15. The summed E-state index contributed by atoms with van der Waals surface area (Å²) in [4.78, 5) is 11.6. The lowest BCUT2D eigenvalue weighted by Gasteiger charge is -2.02. The van der Waals surface area contributed by atoms with Crippen LogP contribution in [0.25, 0.3) is 0 Å². The summed E-state index contributed by atoms with van der Waals surface area (Å²) < 4.78 is 3.49. The number of aromatic nitrogens is 5. The van der Waals surface area contributed by atoms with Gasteiger partial charge in [0.2, 0.25) is 0 Å². The zero-order valence-electron chi connectivity index (χ0n) is 9.50. The highest BCUT2D eigenvalue weighted by Gasteiger charge is 1.99. The van der Waals surface area contributed by atoms with Crippen LogP contribution in [0.1, 0.15) is 0 Å². The smallest absolute Gasteiger partial charge is 0.190 e. The summed E-state index contributed by atoms with van der Waals surface area (Å²) in [5.74, 6) is 0. The molecule has 0 bridgehead atoms. The van der Waals surface area contributed by atoms with Gasteiger partial charge in [0.15, 0.2) is 5.11 Å². The third kappa shape index (κ3) is 3.33. The zero-order chi connectivity index (χ0) is 12.6. The summed E-state index contributed by atoms with van der Waals surface area (Å²) in [5, 5.41) is 0.644. The molecule has 0 fully saturated rings. The van der Waals surface area contributed by atoms with Crippen molar-refractivity contribution in [3.8, 4) is 0 Å². The first-order chi connectivity index (χ1) is 8.88. The molecule has 0 unspecified atom stereocenters. The summed E-state index contributed by atoms with van der Waals surface area (Å²) in [6.07, 6.45) is 13.8. The molecular formula is C12H11N5S. The van der Waals surface area contributed by atoms with Gasteiger partial charge in [0, 0.05) is 37.2 Å². The Balaban J connectivity index is 0.000000169. The molecule has 0 aliphatic rings. The van der Waals surface area contributed by atoms with Crippen LogP contribution in [0.4, 0.5) is 0 Å². The molecule has 90 valence electrons. The van der Waals surface area contributed by atoms with Crippen molar-refractivity contribution in [1.82, 2.24) is 24.1 Å². The van der Waals surface area contributed by atoms with Gasteiger partial charge >= 0.3 is 0 Å². The molecule has 0 aliphatic heterocycles. The predicted molar refractivity (Wildman–Crippen MR) is 72.1 cm³/mol. The molecule has 0 aliphatic carbocycles. The van der Waals surface area contributed by atoms with Crippen LogP contribution in [0, 0.1) is 0 Å². The van der Waals surface area contributed by atoms with E-state index in [-0.39, 0.29) is 0 Å². The standard InChI is InChI=1S/C7H6N4S.C5H5N/c12-7(10-3-1-8-5-10)11-4-2-9-6-11;1-2-4-6-5-3-1/h1-6H;1-5H. The molecule has 0 saturated heterocycles. The van der Waals surface area contributed by atoms with Crippen LogP contribution >= 0.6 is 12.2 Å². The maximum Gasteiger partial charge on any atom is 0.190 e. The highest BCUT2D eigenvalue weighted by atomic mass is 32.1. The maximum atomic E-state index is 5.14. The molecule has 3 aromatic heterocycles. The highest BCUT2D eigenvalue weighted by molar-refractivity contribution is 7.80. The van der Waals surface area contributed by atoms with Crippen LogP contribution in [0.2, 0.25) is 0 Å². The molecule has 3 rings (SSSR count). The lowest BCUT2D eigenvalue weighted by atomic mass is 10.5. The molecule has 5 nitrogen and oxygen atoms in total. The van der Waals surface area contributed by atoms with Gasteiger partial charge in [0.1, 0.15) is 12.7 Å². The molecule has 0 spiro atoms. The van der Waals surface area contributed by atoms with Gasteiger partial charge in [-0.1, -0.05) is 6.07 Å². The molecule has 6 heteroatoms. The van der Waals surface area contributed by atoms with Crippen LogP contribution < -0.4 is 0 Å². The second-order valence-corrected chi connectivity index (χ2v) is 3.61. The average molecular weight is 257 g/mol. The van der Waals surface area contributed by atoms with Crippen molar-refractivity contribution in [2.24, 2.45) is 0 Å². The Morgan fingerprint density at radius 2 is 1.28 bits per heavy atom. The van der Waals surface area contributed by atoms with E-state index in [1.54, 1.807) is 59.0 Å². The van der Waals surface area contributed by atoms with E-state index < -0.39 is 0 Å². The van der Waals surface area contributed by atoms with E-state index >= 15 is 0 Å². The molecule has 0 saturated carbocycles. The van der Waals surface area contributed by atoms with Gasteiger partial charge in [-0.3, -0.25) is 14.1 Å². The first-order valence-electron chi connectivity index (χ1n) is 5.23. The normalized spacial score (nSPS) is 9.33. The fourth-order valence-electron chi connectivity index (χ4n) is 1.19. The van der Waals surface area contributed by atoms with Crippen molar-refractivity contribution in [3.05, 3.63) is 68.0 Å². The van der Waals surface area contributed by atoms with E-state index in [0.717, 1.165) is 0 Å². The Hall–Kier alpha value is -2.34. The number of imidazole rings is 2. The van der Waals surface area contributed by atoms with E-state index in [4.69, 9.17) is 12.2 Å². The average Bonchev–Trinajstić information content (AvgIpc) is 3.14. The van der Waals surface area contributed by atoms with Gasteiger partial charge in [-0.25, -0.2) is 9.97 Å². The minimum Gasteiger partial charge on any atom is -0.282 e. The van der Waals surface area contributed by atoms with Gasteiger partial charge in [-0.2, -0.15) is 0 Å². The number of hydrogen-bond donors (Lipinski definition) is 0. The van der Waals surface area contributed by atoms with Crippen LogP contribution in [0.3, 0.4) is 0 Å². The van der Waals surface area contributed by atoms with E-state index in [2.05, 4.69) is 15.0 Å². The Morgan fingerprint density at radius 1 is 0.722 bits per heavy atom. The molecule has 0 radical (unpaired) electrons. The Morgan fingerprint density at radius 3 is 1.56 bits per heavy atom. The minimum atomic E-state index is 0.644. The predicted octanol–water partition coefficient (Wildman–Crippen LogP) is 1.84. The Labute approximate surface area is 110 Å². The highest BCUT2D eigenvalue weighted by Crippen LogP contribution is 1.92. The fourth-order valence-corrected chi connectivity index (χ4v) is 1.41. The number of rotatable bonds is 0. The number of nitrogens with zero attached hydrogens (tertiary/aromatic N) is 5. The lowest BCUT2D eigenvalue weighted by molar-refractivity contribution is 1.03. The van der Waals surface area contributed by atoms with Gasteiger partial charge in [0.25, 0.3) is 0 Å². The molecular weight excluding hydrogens is 246 g/mol. The van der Waals surface area contributed by atoms with Gasteiger partial charge in [0.05, 0.1) is 0 Å². The summed E-state index contributed by atoms with van der Waals surface area (Å²) in [5.41, 5.74) is 0. The molecule has 0 aromatic carbocycles. The third-order valence-electron chi connectivity index (χ3n) is 2.02. The Kier molecular flexibility index (Phi) is 4.32. The second kappa shape index (κ2) is 6.41. The van der Waals surface area contributed by atoms with E-state index in [9.17, 15) is 0 Å². The van der Waals surface area contributed by atoms with Crippen molar-refractivity contribution in [1.29, 1.82) is 0 Å². The third-order valence-corrected chi connectivity index (χ3v) is 2.44. The molecule has 0 amide bonds. The number of hydrogen-bond acceptors (Lipinski definition) is 4. The largest absolute Gasteiger partial charge is 0.282 e. The second-order valence-electron chi connectivity index (χ2n) is 3.25. The summed E-state index contributed by atoms with van der Waals surface area (Å²) in [7, 11) is 0. The molecule has 0 N–H and O–H groups in total. The van der Waals surface area contributed by atoms with Crippen LogP contribution in [-0.2, 0) is 0 Å². The van der Waals surface area contributed by atoms with Gasteiger partial charge < -0.3 is 0 Å². The Bertz CT molecular complexity index is 497. The summed E-state index contributed by atoms with van der Waals surface area (Å²) in [6, 6.07) is 5.72. The van der Waals surface area contributed by atoms with Gasteiger partial charge in [-0.05, 0) is 24.4 Å². The maximum absolute atomic E-state index is 5.14. The summed E-state index contributed by atoms with van der Waals surface area (Å²) >= 11 is 5.14. The zero-order valence-corrected chi connectivity index (χ0v) is 10.3. The molecule has 18 heavy (non-hydrogen) atoms. The van der Waals surface area contributed by atoms with Crippen molar-refractivity contribution >= 4 is 17.3 Å². The topological polar surface area (TPSA) is 48.5 Å². The quantitative estimate of drug-likeness (QED) is 0.577.